The van der Waals surface area contributed by atoms with Crippen molar-refractivity contribution in [3.05, 3.63) is 59.7 Å². The Morgan fingerprint density at radius 3 is 2.45 bits per heavy atom. The number of likely N-dealkylation sites (tertiary alicyclic amines) is 1. The van der Waals surface area contributed by atoms with Crippen LogP contribution in [-0.2, 0) is 10.0 Å². The smallest absolute Gasteiger partial charge is 0.264 e. The number of aryl methyl sites for hydroxylation is 1. The van der Waals surface area contributed by atoms with Crippen LogP contribution in [-0.4, -0.2) is 52.5 Å². The van der Waals surface area contributed by atoms with Gasteiger partial charge >= 0.3 is 0 Å². The molecule has 7 heteroatoms. The third kappa shape index (κ3) is 5.36. The maximum atomic E-state index is 13.0. The zero-order valence-corrected chi connectivity index (χ0v) is 17.9. The highest BCUT2D eigenvalue weighted by atomic mass is 32.2. The number of nitrogens with one attached hydrogen (secondary N) is 1. The van der Waals surface area contributed by atoms with E-state index < -0.39 is 10.0 Å². The van der Waals surface area contributed by atoms with Crippen LogP contribution in [0.25, 0.3) is 0 Å². The van der Waals surface area contributed by atoms with Crippen molar-refractivity contribution in [1.29, 1.82) is 0 Å². The van der Waals surface area contributed by atoms with Crippen LogP contribution in [0.4, 0.5) is 5.69 Å². The predicted octanol–water partition coefficient (Wildman–Crippen LogP) is 3.04. The van der Waals surface area contributed by atoms with Gasteiger partial charge in [0.25, 0.3) is 15.9 Å². The number of hydrogen-bond donors (Lipinski definition) is 1. The number of amides is 1. The molecule has 29 heavy (non-hydrogen) atoms. The van der Waals surface area contributed by atoms with Crippen LogP contribution in [0.1, 0.15) is 35.2 Å². The van der Waals surface area contributed by atoms with Crippen LogP contribution < -0.4 is 9.62 Å². The molecule has 0 aliphatic carbocycles. The first kappa shape index (κ1) is 21.3. The molecule has 0 spiro atoms. The van der Waals surface area contributed by atoms with E-state index in [0.29, 0.717) is 17.8 Å². The van der Waals surface area contributed by atoms with E-state index >= 15 is 0 Å². The summed E-state index contributed by atoms with van der Waals surface area (Å²) in [6, 6.07) is 13.5. The monoisotopic (exact) mass is 415 g/mol. The fourth-order valence-corrected chi connectivity index (χ4v) is 4.70. The topological polar surface area (TPSA) is 69.7 Å². The molecular formula is C22H29N3O3S. The Kier molecular flexibility index (Phi) is 6.92. The van der Waals surface area contributed by atoms with E-state index in [-0.39, 0.29) is 10.8 Å². The molecule has 0 bridgehead atoms. The van der Waals surface area contributed by atoms with Crippen molar-refractivity contribution < 1.29 is 13.2 Å². The van der Waals surface area contributed by atoms with Gasteiger partial charge in [0.15, 0.2) is 0 Å². The molecule has 6 nitrogen and oxygen atoms in total. The minimum atomic E-state index is -3.75. The summed E-state index contributed by atoms with van der Waals surface area (Å²) < 4.78 is 27.2. The largest absolute Gasteiger partial charge is 0.351 e. The van der Waals surface area contributed by atoms with E-state index in [0.717, 1.165) is 25.2 Å². The third-order valence-corrected chi connectivity index (χ3v) is 7.10. The SMILES string of the molecule is Cc1ccc(N(C)S(=O)(=O)c2cccc(C(=O)NCCN3CCCCC3)c2)cc1. The molecule has 1 N–H and O–H groups in total. The normalized spacial score (nSPS) is 15.1. The van der Waals surface area contributed by atoms with Crippen molar-refractivity contribution in [3.63, 3.8) is 0 Å². The Balaban J connectivity index is 1.67. The van der Waals surface area contributed by atoms with Crippen LogP contribution in [0.5, 0.6) is 0 Å². The van der Waals surface area contributed by atoms with E-state index in [1.54, 1.807) is 24.3 Å². The van der Waals surface area contributed by atoms with Gasteiger partial charge in [-0.2, -0.15) is 0 Å². The minimum Gasteiger partial charge on any atom is -0.351 e. The summed E-state index contributed by atoms with van der Waals surface area (Å²) in [6.07, 6.45) is 3.70. The number of hydrogen-bond acceptors (Lipinski definition) is 4. The summed E-state index contributed by atoms with van der Waals surface area (Å²) in [5, 5.41) is 2.90. The molecule has 0 aromatic heterocycles. The summed E-state index contributed by atoms with van der Waals surface area (Å²) in [5.41, 5.74) is 1.98. The molecule has 0 radical (unpaired) electrons. The standard InChI is InChI=1S/C22H29N3O3S/c1-18-9-11-20(12-10-18)24(2)29(27,28)21-8-6-7-19(17-21)22(26)23-13-16-25-14-4-3-5-15-25/h6-12,17H,3-5,13-16H2,1-2H3,(H,23,26). The van der Waals surface area contributed by atoms with Crippen molar-refractivity contribution in [2.45, 2.75) is 31.1 Å². The Labute approximate surface area is 173 Å². The molecule has 0 saturated carbocycles. The quantitative estimate of drug-likeness (QED) is 0.755. The molecule has 1 saturated heterocycles. The maximum absolute atomic E-state index is 13.0. The average molecular weight is 416 g/mol. The molecule has 3 rings (SSSR count). The zero-order valence-electron chi connectivity index (χ0n) is 17.1. The summed E-state index contributed by atoms with van der Waals surface area (Å²) in [7, 11) is -2.23. The summed E-state index contributed by atoms with van der Waals surface area (Å²) in [6.45, 7) is 5.48. The van der Waals surface area contributed by atoms with Gasteiger partial charge in [0.2, 0.25) is 0 Å². The Hall–Kier alpha value is -2.38. The highest BCUT2D eigenvalue weighted by molar-refractivity contribution is 7.92. The molecule has 2 aromatic rings. The zero-order chi connectivity index (χ0) is 20.9. The molecule has 1 aliphatic heterocycles. The Morgan fingerprint density at radius 2 is 1.76 bits per heavy atom. The van der Waals surface area contributed by atoms with Gasteiger partial charge in [-0.25, -0.2) is 8.42 Å². The second-order valence-electron chi connectivity index (χ2n) is 7.49. The lowest BCUT2D eigenvalue weighted by Gasteiger charge is -2.26. The van der Waals surface area contributed by atoms with E-state index in [1.807, 2.05) is 19.1 Å². The third-order valence-electron chi connectivity index (χ3n) is 5.31. The average Bonchev–Trinajstić information content (AvgIpc) is 2.74. The maximum Gasteiger partial charge on any atom is 0.264 e. The molecule has 1 amide bonds. The molecule has 0 unspecified atom stereocenters. The number of benzene rings is 2. The predicted molar refractivity (Wildman–Crippen MR) is 116 cm³/mol. The first-order chi connectivity index (χ1) is 13.9. The van der Waals surface area contributed by atoms with E-state index in [9.17, 15) is 13.2 Å². The number of rotatable bonds is 7. The van der Waals surface area contributed by atoms with Crippen molar-refractivity contribution >= 4 is 21.6 Å². The summed E-state index contributed by atoms with van der Waals surface area (Å²) in [5.74, 6) is -0.253. The van der Waals surface area contributed by atoms with Gasteiger partial charge in [-0.15, -0.1) is 0 Å². The van der Waals surface area contributed by atoms with Gasteiger partial charge in [-0.05, 0) is 63.2 Å². The lowest BCUT2D eigenvalue weighted by atomic mass is 10.1. The molecule has 156 valence electrons. The summed E-state index contributed by atoms with van der Waals surface area (Å²) >= 11 is 0. The van der Waals surface area contributed by atoms with E-state index in [2.05, 4.69) is 10.2 Å². The second kappa shape index (κ2) is 9.41. The number of nitrogens with zero attached hydrogens (tertiary/aromatic N) is 2. The van der Waals surface area contributed by atoms with Crippen LogP contribution in [0.15, 0.2) is 53.4 Å². The lowest BCUT2D eigenvalue weighted by molar-refractivity contribution is 0.0946. The number of carbonyl (C=O) groups is 1. The lowest BCUT2D eigenvalue weighted by Crippen LogP contribution is -2.37. The molecule has 0 atom stereocenters. The molecule has 1 fully saturated rings. The van der Waals surface area contributed by atoms with Crippen molar-refractivity contribution in [2.24, 2.45) is 0 Å². The first-order valence-electron chi connectivity index (χ1n) is 10.0. The Morgan fingerprint density at radius 1 is 1.07 bits per heavy atom. The number of anilines is 1. The number of piperidine rings is 1. The van der Waals surface area contributed by atoms with E-state index in [1.165, 1.54) is 42.7 Å². The first-order valence-corrected chi connectivity index (χ1v) is 11.5. The van der Waals surface area contributed by atoms with Gasteiger partial charge in [-0.1, -0.05) is 30.2 Å². The fraction of sp³-hybridized carbons (Fsp3) is 0.409. The van der Waals surface area contributed by atoms with Crippen LogP contribution in [0.3, 0.4) is 0 Å². The minimum absolute atomic E-state index is 0.101. The van der Waals surface area contributed by atoms with Crippen LogP contribution >= 0.6 is 0 Å². The van der Waals surface area contributed by atoms with Crippen molar-refractivity contribution in [1.82, 2.24) is 10.2 Å². The van der Waals surface area contributed by atoms with Gasteiger partial charge in [0.05, 0.1) is 10.6 Å². The molecule has 1 heterocycles. The van der Waals surface area contributed by atoms with E-state index in [4.69, 9.17) is 0 Å². The van der Waals surface area contributed by atoms with Crippen molar-refractivity contribution in [3.8, 4) is 0 Å². The Bertz CT molecular complexity index is 936. The van der Waals surface area contributed by atoms with Crippen LogP contribution in [0, 0.1) is 6.92 Å². The molecule has 2 aromatic carbocycles. The van der Waals surface area contributed by atoms with Gasteiger partial charge in [0, 0.05) is 25.7 Å². The van der Waals surface area contributed by atoms with Crippen LogP contribution in [0.2, 0.25) is 0 Å². The summed E-state index contributed by atoms with van der Waals surface area (Å²) in [4.78, 5) is 15.0. The van der Waals surface area contributed by atoms with Crippen molar-refractivity contribution in [2.75, 3.05) is 37.5 Å². The number of carbonyl (C=O) groups excluding carboxylic acids is 1. The number of sulfonamides is 1. The molecular weight excluding hydrogens is 386 g/mol. The van der Waals surface area contributed by atoms with Gasteiger partial charge in [-0.3, -0.25) is 9.10 Å². The molecule has 1 aliphatic rings. The van der Waals surface area contributed by atoms with Gasteiger partial charge in [0.1, 0.15) is 0 Å². The highest BCUT2D eigenvalue weighted by Gasteiger charge is 2.22. The fourth-order valence-electron chi connectivity index (χ4n) is 3.46. The van der Waals surface area contributed by atoms with Gasteiger partial charge < -0.3 is 10.2 Å². The second-order valence-corrected chi connectivity index (χ2v) is 9.46. The highest BCUT2D eigenvalue weighted by Crippen LogP contribution is 2.23.